The van der Waals surface area contributed by atoms with Crippen LogP contribution in [0, 0.1) is 0 Å². The Morgan fingerprint density at radius 2 is 2.03 bits per heavy atom. The number of aliphatic hydroxyl groups excluding tert-OH is 1. The maximum Gasteiger partial charge on any atom is 0.251 e. The van der Waals surface area contributed by atoms with Crippen LogP contribution in [0.4, 0.5) is 0 Å². The molecule has 1 fully saturated rings. The van der Waals surface area contributed by atoms with E-state index in [1.165, 1.54) is 11.1 Å². The van der Waals surface area contributed by atoms with E-state index in [1.807, 2.05) is 12.1 Å². The second-order valence-corrected chi connectivity index (χ2v) is 7.69. The molecule has 0 saturated carbocycles. The molecule has 2 aromatic rings. The third-order valence-corrected chi connectivity index (χ3v) is 5.62. The molecule has 1 amide bonds. The molecular formula is C22H28N4O3. The van der Waals surface area contributed by atoms with Crippen LogP contribution in [0.25, 0.3) is 0 Å². The highest BCUT2D eigenvalue weighted by atomic mass is 16.5. The Morgan fingerprint density at radius 1 is 1.24 bits per heavy atom. The van der Waals surface area contributed by atoms with Crippen molar-refractivity contribution in [1.29, 1.82) is 0 Å². The van der Waals surface area contributed by atoms with Crippen LogP contribution in [0.2, 0.25) is 0 Å². The number of carbonyl (C=O) groups is 1. The summed E-state index contributed by atoms with van der Waals surface area (Å²) in [6, 6.07) is 11.5. The standard InChI is InChI=1S/C22H28N4O3/c27-20(19-11-15-3-1-2-4-17(15)13-25-19)14-26-22(28)16-5-10-24-21(12-16)29-18-6-8-23-9-7-18/h1-5,10,12,18-20,23,25,27H,6-9,11,13-14H2,(H,26,28)/t19-,20?/m0/s1. The molecule has 2 aliphatic heterocycles. The largest absolute Gasteiger partial charge is 0.474 e. The number of benzene rings is 1. The lowest BCUT2D eigenvalue weighted by molar-refractivity contribution is 0.0868. The Bertz CT molecular complexity index is 838. The Labute approximate surface area is 170 Å². The number of rotatable bonds is 6. The second-order valence-electron chi connectivity index (χ2n) is 7.69. The first-order chi connectivity index (χ1) is 14.2. The number of aromatic nitrogens is 1. The Balaban J connectivity index is 1.30. The van der Waals surface area contributed by atoms with E-state index in [-0.39, 0.29) is 24.6 Å². The molecule has 2 aliphatic rings. The zero-order chi connectivity index (χ0) is 20.1. The van der Waals surface area contributed by atoms with Crippen LogP contribution in [0.3, 0.4) is 0 Å². The quantitative estimate of drug-likeness (QED) is 0.582. The van der Waals surface area contributed by atoms with Crippen molar-refractivity contribution in [2.45, 2.75) is 44.1 Å². The van der Waals surface area contributed by atoms with Gasteiger partial charge in [0, 0.05) is 37.0 Å². The highest BCUT2D eigenvalue weighted by Crippen LogP contribution is 2.18. The number of carbonyl (C=O) groups excluding carboxylic acids is 1. The molecule has 1 unspecified atom stereocenters. The second kappa shape index (κ2) is 9.35. The lowest BCUT2D eigenvalue weighted by Gasteiger charge is -2.30. The number of amides is 1. The molecular weight excluding hydrogens is 368 g/mol. The summed E-state index contributed by atoms with van der Waals surface area (Å²) >= 11 is 0. The summed E-state index contributed by atoms with van der Waals surface area (Å²) in [5.41, 5.74) is 2.99. The minimum absolute atomic E-state index is 0.0820. The molecule has 3 heterocycles. The fourth-order valence-corrected chi connectivity index (χ4v) is 3.89. The van der Waals surface area contributed by atoms with E-state index in [1.54, 1.807) is 18.3 Å². The van der Waals surface area contributed by atoms with Crippen LogP contribution in [0.5, 0.6) is 5.88 Å². The molecule has 4 N–H and O–H groups in total. The number of hydrogen-bond donors (Lipinski definition) is 4. The van der Waals surface area contributed by atoms with Gasteiger partial charge in [0.1, 0.15) is 6.10 Å². The van der Waals surface area contributed by atoms with Gasteiger partial charge in [0.2, 0.25) is 5.88 Å². The van der Waals surface area contributed by atoms with E-state index in [9.17, 15) is 9.90 Å². The molecule has 29 heavy (non-hydrogen) atoms. The number of ether oxygens (including phenoxy) is 1. The minimum atomic E-state index is -0.667. The monoisotopic (exact) mass is 396 g/mol. The van der Waals surface area contributed by atoms with Crippen molar-refractivity contribution in [2.75, 3.05) is 19.6 Å². The summed E-state index contributed by atoms with van der Waals surface area (Å²) in [4.78, 5) is 16.8. The van der Waals surface area contributed by atoms with E-state index < -0.39 is 6.10 Å². The van der Waals surface area contributed by atoms with Crippen molar-refractivity contribution in [2.24, 2.45) is 0 Å². The molecule has 7 heteroatoms. The number of aliphatic hydroxyl groups is 1. The van der Waals surface area contributed by atoms with Crippen LogP contribution in [-0.4, -0.2) is 53.9 Å². The number of nitrogens with one attached hydrogen (secondary N) is 3. The van der Waals surface area contributed by atoms with Crippen LogP contribution in [0.1, 0.15) is 34.3 Å². The van der Waals surface area contributed by atoms with E-state index in [4.69, 9.17) is 4.74 Å². The molecule has 0 bridgehead atoms. The molecule has 7 nitrogen and oxygen atoms in total. The zero-order valence-electron chi connectivity index (χ0n) is 16.4. The third kappa shape index (κ3) is 5.12. The van der Waals surface area contributed by atoms with Crippen molar-refractivity contribution < 1.29 is 14.6 Å². The topological polar surface area (TPSA) is 95.5 Å². The molecule has 1 saturated heterocycles. The fourth-order valence-electron chi connectivity index (χ4n) is 3.89. The lowest BCUT2D eigenvalue weighted by atomic mass is 9.93. The van der Waals surface area contributed by atoms with Gasteiger partial charge in [-0.25, -0.2) is 4.98 Å². The average molecular weight is 396 g/mol. The molecule has 0 aliphatic carbocycles. The van der Waals surface area contributed by atoms with Crippen molar-refractivity contribution >= 4 is 5.91 Å². The van der Waals surface area contributed by atoms with Crippen molar-refractivity contribution in [3.8, 4) is 5.88 Å². The van der Waals surface area contributed by atoms with Gasteiger partial charge in [0.05, 0.1) is 6.10 Å². The van der Waals surface area contributed by atoms with Gasteiger partial charge < -0.3 is 25.8 Å². The van der Waals surface area contributed by atoms with Crippen LogP contribution < -0.4 is 20.7 Å². The van der Waals surface area contributed by atoms with Gasteiger partial charge in [-0.3, -0.25) is 4.79 Å². The van der Waals surface area contributed by atoms with Crippen molar-refractivity contribution in [1.82, 2.24) is 20.9 Å². The normalized spacial score (nSPS) is 20.5. The zero-order valence-corrected chi connectivity index (χ0v) is 16.4. The highest BCUT2D eigenvalue weighted by Gasteiger charge is 2.24. The maximum atomic E-state index is 12.5. The van der Waals surface area contributed by atoms with Crippen LogP contribution in [0.15, 0.2) is 42.6 Å². The van der Waals surface area contributed by atoms with E-state index in [0.717, 1.165) is 38.9 Å². The predicted octanol–water partition coefficient (Wildman–Crippen LogP) is 1.02. The number of nitrogens with zero attached hydrogens (tertiary/aromatic N) is 1. The van der Waals surface area contributed by atoms with Gasteiger partial charge in [-0.15, -0.1) is 0 Å². The summed E-state index contributed by atoms with van der Waals surface area (Å²) < 4.78 is 5.91. The van der Waals surface area contributed by atoms with Gasteiger partial charge >= 0.3 is 0 Å². The van der Waals surface area contributed by atoms with Crippen molar-refractivity contribution in [3.05, 3.63) is 59.3 Å². The summed E-state index contributed by atoms with van der Waals surface area (Å²) in [7, 11) is 0. The predicted molar refractivity (Wildman–Crippen MR) is 110 cm³/mol. The van der Waals surface area contributed by atoms with Gasteiger partial charge in [-0.05, 0) is 49.5 Å². The molecule has 1 aromatic carbocycles. The molecule has 0 spiro atoms. The highest BCUT2D eigenvalue weighted by molar-refractivity contribution is 5.94. The summed E-state index contributed by atoms with van der Waals surface area (Å²) in [6.07, 6.45) is 3.66. The molecule has 154 valence electrons. The number of fused-ring (bicyclic) bond motifs is 1. The third-order valence-electron chi connectivity index (χ3n) is 5.62. The van der Waals surface area contributed by atoms with Crippen LogP contribution >= 0.6 is 0 Å². The van der Waals surface area contributed by atoms with Crippen LogP contribution in [-0.2, 0) is 13.0 Å². The Kier molecular flexibility index (Phi) is 6.39. The van der Waals surface area contributed by atoms with Gasteiger partial charge in [-0.1, -0.05) is 24.3 Å². The average Bonchev–Trinajstić information content (AvgIpc) is 2.77. The molecule has 4 rings (SSSR count). The number of pyridine rings is 1. The number of hydrogen-bond acceptors (Lipinski definition) is 6. The smallest absolute Gasteiger partial charge is 0.251 e. The van der Waals surface area contributed by atoms with Gasteiger partial charge in [0.15, 0.2) is 0 Å². The first kappa shape index (κ1) is 19.8. The first-order valence-electron chi connectivity index (χ1n) is 10.3. The van der Waals surface area contributed by atoms with Gasteiger partial charge in [0.25, 0.3) is 5.91 Å². The lowest BCUT2D eigenvalue weighted by Crippen LogP contribution is -2.49. The minimum Gasteiger partial charge on any atom is -0.474 e. The van der Waals surface area contributed by atoms with E-state index >= 15 is 0 Å². The van der Waals surface area contributed by atoms with E-state index in [0.29, 0.717) is 11.4 Å². The van der Waals surface area contributed by atoms with Gasteiger partial charge in [-0.2, -0.15) is 0 Å². The first-order valence-corrected chi connectivity index (χ1v) is 10.3. The molecule has 1 aromatic heterocycles. The number of piperidine rings is 1. The van der Waals surface area contributed by atoms with Crippen molar-refractivity contribution in [3.63, 3.8) is 0 Å². The molecule has 0 radical (unpaired) electrons. The summed E-state index contributed by atoms with van der Waals surface area (Å²) in [5.74, 6) is 0.230. The Hall–Kier alpha value is -2.48. The fraction of sp³-hybridized carbons (Fsp3) is 0.455. The summed E-state index contributed by atoms with van der Waals surface area (Å²) in [6.45, 7) is 2.78. The maximum absolute atomic E-state index is 12.5. The van der Waals surface area contributed by atoms with E-state index in [2.05, 4.69) is 33.1 Å². The Morgan fingerprint density at radius 3 is 2.86 bits per heavy atom. The SMILES string of the molecule is O=C(NCC(O)[C@@H]1Cc2ccccc2CN1)c1ccnc(OC2CCNCC2)c1. The molecule has 2 atom stereocenters. The summed E-state index contributed by atoms with van der Waals surface area (Å²) in [5, 5.41) is 20.0.